The summed E-state index contributed by atoms with van der Waals surface area (Å²) in [6, 6.07) is 7.45. The Labute approximate surface area is 153 Å². The molecule has 1 atom stereocenters. The highest BCUT2D eigenvalue weighted by Crippen LogP contribution is 2.45. The first-order valence-corrected chi connectivity index (χ1v) is 8.55. The molecule has 1 aliphatic heterocycles. The number of allylic oxidation sites excluding steroid dienone is 4. The summed E-state index contributed by atoms with van der Waals surface area (Å²) in [6.07, 6.45) is 6.74. The smallest absolute Gasteiger partial charge is 0.349 e. The highest BCUT2D eigenvalue weighted by atomic mass is 16.5. The molecule has 0 saturated carbocycles. The van der Waals surface area contributed by atoms with Crippen molar-refractivity contribution >= 4 is 5.97 Å². The second kappa shape index (κ2) is 6.84. The van der Waals surface area contributed by atoms with Gasteiger partial charge in [0, 0.05) is 12.0 Å². The van der Waals surface area contributed by atoms with E-state index in [1.807, 2.05) is 43.3 Å². The van der Waals surface area contributed by atoms with Crippen molar-refractivity contribution in [3.05, 3.63) is 76.4 Å². The van der Waals surface area contributed by atoms with Crippen LogP contribution >= 0.6 is 0 Å². The Kier molecular flexibility index (Phi) is 4.74. The molecule has 0 fully saturated rings. The maximum absolute atomic E-state index is 12.5. The van der Waals surface area contributed by atoms with E-state index in [1.54, 1.807) is 20.1 Å². The first-order chi connectivity index (χ1) is 12.4. The Balaban J connectivity index is 1.95. The molecule has 0 amide bonds. The maximum Gasteiger partial charge on any atom is 0.349 e. The van der Waals surface area contributed by atoms with Crippen molar-refractivity contribution in [2.24, 2.45) is 5.41 Å². The van der Waals surface area contributed by atoms with Crippen LogP contribution in [-0.2, 0) is 16.0 Å². The van der Waals surface area contributed by atoms with Gasteiger partial charge in [0.25, 0.3) is 0 Å². The molecule has 3 rings (SSSR count). The second-order valence-electron chi connectivity index (χ2n) is 6.83. The van der Waals surface area contributed by atoms with Crippen molar-refractivity contribution in [3.8, 4) is 5.75 Å². The minimum Gasteiger partial charge on any atom is -0.512 e. The number of methoxy groups -OCH3 is 1. The Morgan fingerprint density at radius 1 is 1.35 bits per heavy atom. The highest BCUT2D eigenvalue weighted by Gasteiger charge is 2.46. The van der Waals surface area contributed by atoms with E-state index >= 15 is 0 Å². The molecule has 0 aromatic heterocycles. The summed E-state index contributed by atoms with van der Waals surface area (Å²) < 4.78 is 10.7. The topological polar surface area (TPSA) is 83.4 Å². The van der Waals surface area contributed by atoms with Gasteiger partial charge in [0.15, 0.2) is 0 Å². The van der Waals surface area contributed by atoms with Crippen molar-refractivity contribution in [2.45, 2.75) is 26.7 Å². The lowest BCUT2D eigenvalue weighted by Gasteiger charge is -2.35. The van der Waals surface area contributed by atoms with E-state index in [-0.39, 0.29) is 5.76 Å². The molecular formula is C21H24NO4+. The number of hydrogen-bond acceptors (Lipinski definition) is 4. The van der Waals surface area contributed by atoms with E-state index in [1.165, 1.54) is 0 Å². The van der Waals surface area contributed by atoms with Gasteiger partial charge in [-0.3, -0.25) is 0 Å². The third kappa shape index (κ3) is 3.06. The van der Waals surface area contributed by atoms with Crippen LogP contribution in [0, 0.1) is 5.41 Å². The van der Waals surface area contributed by atoms with Gasteiger partial charge < -0.3 is 20.3 Å². The van der Waals surface area contributed by atoms with Crippen molar-refractivity contribution in [3.63, 3.8) is 0 Å². The molecule has 0 spiro atoms. The average Bonchev–Trinajstić information content (AvgIpc) is 2.63. The van der Waals surface area contributed by atoms with Crippen molar-refractivity contribution in [1.29, 1.82) is 0 Å². The molecule has 1 unspecified atom stereocenters. The van der Waals surface area contributed by atoms with Gasteiger partial charge >= 0.3 is 5.97 Å². The third-order valence-electron chi connectivity index (χ3n) is 5.17. The van der Waals surface area contributed by atoms with Gasteiger partial charge in [0.2, 0.25) is 0 Å². The van der Waals surface area contributed by atoms with Crippen LogP contribution in [0.3, 0.4) is 0 Å². The monoisotopic (exact) mass is 354 g/mol. The number of aliphatic hydroxyl groups excluding tert-OH is 1. The molecule has 1 aromatic carbocycles. The Hall–Kier alpha value is -2.79. The zero-order valence-electron chi connectivity index (χ0n) is 15.3. The van der Waals surface area contributed by atoms with E-state index in [0.717, 1.165) is 11.3 Å². The number of benzene rings is 1. The fourth-order valence-electron chi connectivity index (χ4n) is 3.31. The fourth-order valence-corrected chi connectivity index (χ4v) is 3.31. The molecule has 5 heteroatoms. The van der Waals surface area contributed by atoms with Crippen LogP contribution in [0.2, 0.25) is 0 Å². The summed E-state index contributed by atoms with van der Waals surface area (Å²) in [5.74, 6) is 1.03. The number of quaternary nitrogens is 1. The van der Waals surface area contributed by atoms with Gasteiger partial charge in [-0.25, -0.2) is 4.79 Å². The second-order valence-corrected chi connectivity index (χ2v) is 6.83. The van der Waals surface area contributed by atoms with E-state index in [9.17, 15) is 9.90 Å². The predicted molar refractivity (Wildman–Crippen MR) is 98.0 cm³/mol. The van der Waals surface area contributed by atoms with Gasteiger partial charge in [-0.2, -0.15) is 0 Å². The van der Waals surface area contributed by atoms with Gasteiger partial charge in [0.1, 0.15) is 34.0 Å². The normalized spacial score (nSPS) is 23.1. The number of esters is 1. The molecule has 0 saturated heterocycles. The van der Waals surface area contributed by atoms with Gasteiger partial charge in [-0.1, -0.05) is 24.3 Å². The van der Waals surface area contributed by atoms with Crippen molar-refractivity contribution < 1.29 is 25.1 Å². The molecule has 1 aromatic rings. The summed E-state index contributed by atoms with van der Waals surface area (Å²) in [5.41, 5.74) is 6.18. The SMILES string of the molecule is COc1ccc(C/C(O)=C(\C)C2=C([NH3+])C3(C)CC=CC=C3OC2=O)cc1. The molecule has 0 radical (unpaired) electrons. The lowest BCUT2D eigenvalue weighted by molar-refractivity contribution is -0.327. The van der Waals surface area contributed by atoms with Crippen LogP contribution in [0.15, 0.2) is 70.9 Å². The zero-order valence-corrected chi connectivity index (χ0v) is 15.3. The zero-order chi connectivity index (χ0) is 18.9. The number of carbonyl (C=O) groups excluding carboxylic acids is 1. The molecule has 5 nitrogen and oxygen atoms in total. The largest absolute Gasteiger partial charge is 0.512 e. The van der Waals surface area contributed by atoms with E-state index in [4.69, 9.17) is 9.47 Å². The molecule has 4 N–H and O–H groups in total. The summed E-state index contributed by atoms with van der Waals surface area (Å²) in [7, 11) is 1.61. The van der Waals surface area contributed by atoms with Crippen LogP contribution in [-0.4, -0.2) is 18.2 Å². The lowest BCUT2D eigenvalue weighted by atomic mass is 9.74. The molecular weight excluding hydrogens is 330 g/mol. The Bertz CT molecular complexity index is 859. The average molecular weight is 354 g/mol. The van der Waals surface area contributed by atoms with Crippen LogP contribution in [0.4, 0.5) is 0 Å². The van der Waals surface area contributed by atoms with E-state index < -0.39 is 11.4 Å². The molecule has 2 aliphatic rings. The molecule has 1 heterocycles. The van der Waals surface area contributed by atoms with Crippen LogP contribution in [0.25, 0.3) is 0 Å². The standard InChI is InChI=1S/C21H23NO4/c1-13(16(23)12-14-7-9-15(25-3)10-8-14)18-19(22)21(2)11-5-4-6-17(21)26-20(18)24/h4-10,23H,11-12,22H2,1-3H3/p+1/b16-13-. The molecule has 136 valence electrons. The van der Waals surface area contributed by atoms with Crippen LogP contribution in [0.5, 0.6) is 5.75 Å². The first-order valence-electron chi connectivity index (χ1n) is 8.55. The highest BCUT2D eigenvalue weighted by molar-refractivity contribution is 5.96. The predicted octanol–water partition coefficient (Wildman–Crippen LogP) is 2.97. The van der Waals surface area contributed by atoms with Crippen molar-refractivity contribution in [2.75, 3.05) is 7.11 Å². The van der Waals surface area contributed by atoms with Gasteiger partial charge in [-0.05, 0) is 44.0 Å². The third-order valence-corrected chi connectivity index (χ3v) is 5.17. The quantitative estimate of drug-likeness (QED) is 0.643. The summed E-state index contributed by atoms with van der Waals surface area (Å²) in [4.78, 5) is 12.5. The minimum atomic E-state index is -0.465. The van der Waals surface area contributed by atoms with Gasteiger partial charge in [-0.15, -0.1) is 0 Å². The number of aliphatic hydroxyl groups is 1. The number of carbonyl (C=O) groups is 1. The van der Waals surface area contributed by atoms with Crippen LogP contribution < -0.4 is 10.5 Å². The molecule has 26 heavy (non-hydrogen) atoms. The Morgan fingerprint density at radius 3 is 2.69 bits per heavy atom. The Morgan fingerprint density at radius 2 is 2.04 bits per heavy atom. The molecule has 1 aliphatic carbocycles. The first kappa shape index (κ1) is 18.0. The number of ether oxygens (including phenoxy) is 2. The lowest BCUT2D eigenvalue weighted by Crippen LogP contribution is -2.58. The van der Waals surface area contributed by atoms with E-state index in [0.29, 0.717) is 35.4 Å². The van der Waals surface area contributed by atoms with Crippen LogP contribution in [0.1, 0.15) is 25.8 Å². The van der Waals surface area contributed by atoms with Gasteiger partial charge in [0.05, 0.1) is 7.11 Å². The maximum atomic E-state index is 12.5. The number of fused-ring (bicyclic) bond motifs is 1. The summed E-state index contributed by atoms with van der Waals surface area (Å²) in [5, 5.41) is 10.6. The summed E-state index contributed by atoms with van der Waals surface area (Å²) in [6.45, 7) is 3.74. The summed E-state index contributed by atoms with van der Waals surface area (Å²) >= 11 is 0. The van der Waals surface area contributed by atoms with E-state index in [2.05, 4.69) is 5.73 Å². The minimum absolute atomic E-state index is 0.130. The fraction of sp³-hybridized carbons (Fsp3) is 0.286. The molecule has 0 bridgehead atoms. The number of hydrogen-bond donors (Lipinski definition) is 2. The number of rotatable bonds is 4. The van der Waals surface area contributed by atoms with Crippen molar-refractivity contribution in [1.82, 2.24) is 0 Å².